The fourth-order valence-electron chi connectivity index (χ4n) is 2.12. The molecule has 0 aliphatic heterocycles. The van der Waals surface area contributed by atoms with Crippen molar-refractivity contribution in [2.24, 2.45) is 0 Å². The van der Waals surface area contributed by atoms with Crippen LogP contribution in [0.1, 0.15) is 41.5 Å². The molecule has 134 valence electrons. The Hall–Kier alpha value is -1.74. The topological polar surface area (TPSA) is 12.0 Å². The zero-order chi connectivity index (χ0) is 18.8. The molecule has 0 aromatic carbocycles. The van der Waals surface area contributed by atoms with Crippen molar-refractivity contribution in [1.82, 2.24) is 5.32 Å². The largest absolute Gasteiger partial charge is 0.299 e. The highest BCUT2D eigenvalue weighted by Gasteiger charge is 2.36. The van der Waals surface area contributed by atoms with Crippen LogP contribution in [-0.4, -0.2) is 18.0 Å². The first-order chi connectivity index (χ1) is 11.1. The van der Waals surface area contributed by atoms with E-state index in [0.29, 0.717) is 5.57 Å². The molecule has 0 fully saturated rings. The van der Waals surface area contributed by atoms with Gasteiger partial charge in [-0.15, -0.1) is 0 Å². The number of hydrogen-bond acceptors (Lipinski definition) is 1. The molecule has 1 nitrogen and oxygen atoms in total. The molecule has 1 N–H and O–H groups in total. The molecule has 0 aromatic heterocycles. The van der Waals surface area contributed by atoms with Crippen LogP contribution in [0.5, 0.6) is 0 Å². The Morgan fingerprint density at radius 2 is 1.50 bits per heavy atom. The van der Waals surface area contributed by atoms with Gasteiger partial charge in [0.1, 0.15) is 0 Å². The van der Waals surface area contributed by atoms with Crippen molar-refractivity contribution in [2.45, 2.75) is 59.5 Å². The van der Waals surface area contributed by atoms with E-state index in [0.717, 1.165) is 18.1 Å². The smallest absolute Gasteiger partial charge is 0.264 e. The van der Waals surface area contributed by atoms with Crippen molar-refractivity contribution in [3.63, 3.8) is 0 Å². The van der Waals surface area contributed by atoms with Gasteiger partial charge in [0, 0.05) is 13.0 Å². The fraction of sp³-hybridized carbons (Fsp3) is 0.429. The van der Waals surface area contributed by atoms with E-state index in [2.05, 4.69) is 11.9 Å². The van der Waals surface area contributed by atoms with Crippen LogP contribution in [-0.2, 0) is 0 Å². The summed E-state index contributed by atoms with van der Waals surface area (Å²) < 4.78 is 28.0. The second-order valence-corrected chi connectivity index (χ2v) is 5.99. The number of nitrogens with one attached hydrogen (secondary N) is 1. The summed E-state index contributed by atoms with van der Waals surface area (Å²) in [6, 6.07) is -1.31. The average Bonchev–Trinajstić information content (AvgIpc) is 2.50. The molecule has 24 heavy (non-hydrogen) atoms. The predicted molar refractivity (Wildman–Crippen MR) is 102 cm³/mol. The van der Waals surface area contributed by atoms with Gasteiger partial charge in [0.2, 0.25) is 0 Å². The van der Waals surface area contributed by atoms with E-state index in [1.54, 1.807) is 18.2 Å². The van der Waals surface area contributed by atoms with E-state index in [1.807, 2.05) is 65.0 Å². The van der Waals surface area contributed by atoms with Gasteiger partial charge in [0.25, 0.3) is 5.92 Å². The molecular formula is C21H31F2N. The van der Waals surface area contributed by atoms with Gasteiger partial charge in [-0.1, -0.05) is 66.3 Å². The van der Waals surface area contributed by atoms with Crippen molar-refractivity contribution >= 4 is 0 Å². The number of hydrogen-bond donors (Lipinski definition) is 1. The highest BCUT2D eigenvalue weighted by Crippen LogP contribution is 2.25. The summed E-state index contributed by atoms with van der Waals surface area (Å²) in [6.45, 7) is 14.4. The minimum absolute atomic E-state index is 0.192. The Bertz CT molecular complexity index is 543. The molecule has 0 saturated heterocycles. The Kier molecular flexibility index (Phi) is 10.1. The first-order valence-corrected chi connectivity index (χ1v) is 8.23. The van der Waals surface area contributed by atoms with E-state index in [1.165, 1.54) is 0 Å². The van der Waals surface area contributed by atoms with E-state index in [9.17, 15) is 8.78 Å². The Morgan fingerprint density at radius 1 is 1.00 bits per heavy atom. The molecule has 3 heteroatoms. The Labute approximate surface area is 146 Å². The normalized spacial score (nSPS) is 17.2. The lowest BCUT2D eigenvalue weighted by Crippen LogP contribution is -2.48. The number of alkyl halides is 2. The molecule has 0 spiro atoms. The molecule has 0 aliphatic rings. The van der Waals surface area contributed by atoms with Gasteiger partial charge in [-0.05, 0) is 40.2 Å². The van der Waals surface area contributed by atoms with Crippen molar-refractivity contribution in [3.8, 4) is 0 Å². The lowest BCUT2D eigenvalue weighted by Gasteiger charge is -2.29. The van der Waals surface area contributed by atoms with Gasteiger partial charge in [0.05, 0.1) is 6.04 Å². The van der Waals surface area contributed by atoms with E-state index < -0.39 is 12.0 Å². The van der Waals surface area contributed by atoms with Crippen LogP contribution < -0.4 is 5.32 Å². The van der Waals surface area contributed by atoms with Gasteiger partial charge in [0.15, 0.2) is 0 Å². The summed E-state index contributed by atoms with van der Waals surface area (Å²) in [6.07, 6.45) is 14.8. The molecule has 0 bridgehead atoms. The van der Waals surface area contributed by atoms with Gasteiger partial charge >= 0.3 is 0 Å². The SMILES string of the molecule is C=C(/C=C\C=C/C)C(NC(C)\C(C)=C(C)/C=C\C=C/C)C(C)(F)F. The highest BCUT2D eigenvalue weighted by atomic mass is 19.3. The summed E-state index contributed by atoms with van der Waals surface area (Å²) >= 11 is 0. The molecule has 0 heterocycles. The zero-order valence-corrected chi connectivity index (χ0v) is 15.7. The Morgan fingerprint density at radius 3 is 1.96 bits per heavy atom. The molecule has 0 saturated carbocycles. The monoisotopic (exact) mass is 335 g/mol. The second-order valence-electron chi connectivity index (χ2n) is 5.99. The molecular weight excluding hydrogens is 304 g/mol. The third kappa shape index (κ3) is 8.21. The molecule has 2 atom stereocenters. The maximum absolute atomic E-state index is 14.0. The Balaban J connectivity index is 5.29. The van der Waals surface area contributed by atoms with Crippen molar-refractivity contribution in [2.75, 3.05) is 0 Å². The first-order valence-electron chi connectivity index (χ1n) is 8.23. The van der Waals surface area contributed by atoms with Crippen LogP contribution in [0.3, 0.4) is 0 Å². The first kappa shape index (κ1) is 22.3. The minimum Gasteiger partial charge on any atom is -0.299 e. The van der Waals surface area contributed by atoms with Crippen molar-refractivity contribution in [1.29, 1.82) is 0 Å². The maximum atomic E-state index is 14.0. The molecule has 2 unspecified atom stereocenters. The fourth-order valence-corrected chi connectivity index (χ4v) is 2.12. The summed E-state index contributed by atoms with van der Waals surface area (Å²) in [5, 5.41) is 3.02. The second kappa shape index (κ2) is 10.9. The highest BCUT2D eigenvalue weighted by molar-refractivity contribution is 5.30. The predicted octanol–water partition coefficient (Wildman–Crippen LogP) is 6.15. The van der Waals surface area contributed by atoms with Gasteiger partial charge < -0.3 is 0 Å². The van der Waals surface area contributed by atoms with Gasteiger partial charge in [-0.3, -0.25) is 5.32 Å². The van der Waals surface area contributed by atoms with Gasteiger partial charge in [-0.25, -0.2) is 8.78 Å². The number of rotatable bonds is 9. The molecule has 0 radical (unpaired) electrons. The summed E-state index contributed by atoms with van der Waals surface area (Å²) in [7, 11) is 0. The van der Waals surface area contributed by atoms with E-state index in [-0.39, 0.29) is 6.04 Å². The van der Waals surface area contributed by atoms with Crippen molar-refractivity contribution < 1.29 is 8.78 Å². The van der Waals surface area contributed by atoms with Crippen LogP contribution in [0.2, 0.25) is 0 Å². The third-order valence-electron chi connectivity index (χ3n) is 3.83. The third-order valence-corrected chi connectivity index (χ3v) is 3.83. The summed E-state index contributed by atoms with van der Waals surface area (Å²) in [4.78, 5) is 0. The molecule has 0 amide bonds. The van der Waals surface area contributed by atoms with Crippen LogP contribution in [0, 0.1) is 0 Å². The molecule has 0 aromatic rings. The van der Waals surface area contributed by atoms with Crippen LogP contribution >= 0.6 is 0 Å². The lowest BCUT2D eigenvalue weighted by atomic mass is 9.98. The number of allylic oxidation sites excluding steroid dienone is 8. The van der Waals surface area contributed by atoms with Crippen LogP contribution in [0.25, 0.3) is 0 Å². The maximum Gasteiger partial charge on any atom is 0.264 e. The minimum atomic E-state index is -2.90. The van der Waals surface area contributed by atoms with Crippen molar-refractivity contribution in [3.05, 3.63) is 71.9 Å². The van der Waals surface area contributed by atoms with Gasteiger partial charge in [-0.2, -0.15) is 0 Å². The number of halogens is 2. The standard InChI is InChI=1S/C21H31F2N/c1-8-10-12-14-16(3)18(5)19(6)24-20(21(7,22)23)17(4)15-13-11-9-2/h8-15,19-20,24H,4H2,1-3,5-7H3/b10-8-,11-9-,14-12-,15-13-,18-16-. The summed E-state index contributed by atoms with van der Waals surface area (Å²) in [5.41, 5.74) is 2.44. The zero-order valence-electron chi connectivity index (χ0n) is 15.7. The quantitative estimate of drug-likeness (QED) is 0.499. The van der Waals surface area contributed by atoms with Crippen LogP contribution in [0.15, 0.2) is 71.9 Å². The average molecular weight is 335 g/mol. The summed E-state index contributed by atoms with van der Waals surface area (Å²) in [5.74, 6) is -2.90. The molecule has 0 aliphatic carbocycles. The van der Waals surface area contributed by atoms with E-state index >= 15 is 0 Å². The lowest BCUT2D eigenvalue weighted by molar-refractivity contribution is -0.00677. The molecule has 0 rings (SSSR count). The van der Waals surface area contributed by atoms with E-state index in [4.69, 9.17) is 0 Å². The van der Waals surface area contributed by atoms with Crippen LogP contribution in [0.4, 0.5) is 8.78 Å².